The second-order valence-electron chi connectivity index (χ2n) is 5.82. The first kappa shape index (κ1) is 16.2. The molecule has 0 amide bonds. The van der Waals surface area contributed by atoms with Crippen LogP contribution >= 0.6 is 11.6 Å². The highest BCUT2D eigenvalue weighted by molar-refractivity contribution is 6.29. The summed E-state index contributed by atoms with van der Waals surface area (Å²) in [5, 5.41) is 11.8. The van der Waals surface area contributed by atoms with Crippen LogP contribution in [-0.4, -0.2) is 20.8 Å². The summed E-state index contributed by atoms with van der Waals surface area (Å²) >= 11 is 5.87. The number of nitrogens with zero attached hydrogens (tertiary/aromatic N) is 2. The Morgan fingerprint density at radius 1 is 1.08 bits per heavy atom. The average Bonchev–Trinajstić information content (AvgIpc) is 2.97. The zero-order chi connectivity index (χ0) is 18.1. The van der Waals surface area contributed by atoms with Gasteiger partial charge in [-0.1, -0.05) is 41.9 Å². The van der Waals surface area contributed by atoms with E-state index >= 15 is 0 Å². The smallest absolute Gasteiger partial charge is 0.199 e. The fourth-order valence-electron chi connectivity index (χ4n) is 2.86. The predicted octanol–water partition coefficient (Wildman–Crippen LogP) is 4.67. The van der Waals surface area contributed by atoms with Crippen LogP contribution in [0, 0.1) is 0 Å². The van der Waals surface area contributed by atoms with E-state index in [0.29, 0.717) is 27.8 Å². The predicted molar refractivity (Wildman–Crippen MR) is 105 cm³/mol. The number of aromatic hydroxyl groups is 1. The number of hydrogen-bond donors (Lipinski definition) is 3. The van der Waals surface area contributed by atoms with Crippen molar-refractivity contribution in [3.8, 4) is 5.88 Å². The third-order valence-corrected chi connectivity index (χ3v) is 4.26. The second-order valence-corrected chi connectivity index (χ2v) is 6.21. The molecule has 0 radical (unpaired) electrons. The summed E-state index contributed by atoms with van der Waals surface area (Å²) in [5.74, 6) is 0.0372. The van der Waals surface area contributed by atoms with E-state index in [0.717, 1.165) is 16.5 Å². The molecule has 4 N–H and O–H groups in total. The molecule has 0 aliphatic rings. The van der Waals surface area contributed by atoms with Gasteiger partial charge in [-0.3, -0.25) is 0 Å². The largest absolute Gasteiger partial charge is 0.494 e. The van der Waals surface area contributed by atoms with Gasteiger partial charge in [0.1, 0.15) is 5.15 Å². The maximum atomic E-state index is 10.6. The van der Waals surface area contributed by atoms with Crippen LogP contribution in [0.5, 0.6) is 5.88 Å². The van der Waals surface area contributed by atoms with Crippen LogP contribution in [-0.2, 0) is 0 Å². The van der Waals surface area contributed by atoms with Crippen LogP contribution in [0.4, 0.5) is 11.4 Å². The topological polar surface area (TPSA) is 87.3 Å². The summed E-state index contributed by atoms with van der Waals surface area (Å²) in [6.45, 7) is 0. The Kier molecular flexibility index (Phi) is 4.07. The molecule has 4 aromatic rings. The normalized spacial score (nSPS) is 11.8. The van der Waals surface area contributed by atoms with E-state index in [9.17, 15) is 5.11 Å². The van der Waals surface area contributed by atoms with Gasteiger partial charge in [-0.05, 0) is 30.3 Å². The van der Waals surface area contributed by atoms with Crippen molar-refractivity contribution in [1.82, 2.24) is 9.97 Å². The van der Waals surface area contributed by atoms with E-state index in [2.05, 4.69) is 9.97 Å². The van der Waals surface area contributed by atoms with Crippen LogP contribution in [0.3, 0.4) is 0 Å². The number of aliphatic imine (C=N–C) groups is 1. The first-order valence-electron chi connectivity index (χ1n) is 7.98. The summed E-state index contributed by atoms with van der Waals surface area (Å²) in [5.41, 5.74) is 10.0. The molecule has 26 heavy (non-hydrogen) atoms. The monoisotopic (exact) mass is 362 g/mol. The molecule has 6 heteroatoms. The molecule has 0 saturated carbocycles. The lowest BCUT2D eigenvalue weighted by atomic mass is 10.0. The molecule has 0 bridgehead atoms. The molecule has 0 aliphatic carbocycles. The van der Waals surface area contributed by atoms with E-state index in [4.69, 9.17) is 22.3 Å². The van der Waals surface area contributed by atoms with E-state index in [-0.39, 0.29) is 5.88 Å². The molecule has 0 fully saturated rings. The van der Waals surface area contributed by atoms with Crippen molar-refractivity contribution in [2.45, 2.75) is 0 Å². The Balaban J connectivity index is 1.99. The molecule has 5 nitrogen and oxygen atoms in total. The van der Waals surface area contributed by atoms with Crippen molar-refractivity contribution < 1.29 is 5.11 Å². The van der Waals surface area contributed by atoms with Gasteiger partial charge in [-0.2, -0.15) is 0 Å². The maximum absolute atomic E-state index is 10.6. The van der Waals surface area contributed by atoms with Crippen molar-refractivity contribution in [3.05, 3.63) is 83.1 Å². The number of nitrogens with one attached hydrogen (secondary N) is 1. The highest BCUT2D eigenvalue weighted by Crippen LogP contribution is 2.32. The number of hydrogen-bond acceptors (Lipinski definition) is 4. The van der Waals surface area contributed by atoms with Crippen LogP contribution in [0.25, 0.3) is 10.9 Å². The van der Waals surface area contributed by atoms with E-state index in [1.54, 1.807) is 24.4 Å². The van der Waals surface area contributed by atoms with Crippen molar-refractivity contribution in [1.29, 1.82) is 0 Å². The molecular weight excluding hydrogens is 348 g/mol. The maximum Gasteiger partial charge on any atom is 0.199 e. The first-order chi connectivity index (χ1) is 12.6. The number of halogens is 1. The summed E-state index contributed by atoms with van der Waals surface area (Å²) in [6.07, 6.45) is 1.59. The van der Waals surface area contributed by atoms with E-state index < -0.39 is 0 Å². The Morgan fingerprint density at radius 2 is 1.88 bits per heavy atom. The number of fused-ring (bicyclic) bond motifs is 1. The average molecular weight is 363 g/mol. The van der Waals surface area contributed by atoms with Crippen LogP contribution < -0.4 is 5.73 Å². The summed E-state index contributed by atoms with van der Waals surface area (Å²) < 4.78 is 0. The van der Waals surface area contributed by atoms with Gasteiger partial charge >= 0.3 is 0 Å². The second kappa shape index (κ2) is 6.54. The zero-order valence-corrected chi connectivity index (χ0v) is 14.4. The Morgan fingerprint density at radius 3 is 2.62 bits per heavy atom. The van der Waals surface area contributed by atoms with E-state index in [1.807, 2.05) is 42.5 Å². The molecule has 0 atom stereocenters. The van der Waals surface area contributed by atoms with Crippen molar-refractivity contribution in [2.75, 3.05) is 5.73 Å². The van der Waals surface area contributed by atoms with Gasteiger partial charge < -0.3 is 15.8 Å². The van der Waals surface area contributed by atoms with Gasteiger partial charge in [0.25, 0.3) is 0 Å². The molecular formula is C20H15ClN4O. The fraction of sp³-hybridized carbons (Fsp3) is 0. The minimum atomic E-state index is 0.0372. The Bertz CT molecular complexity index is 1100. The van der Waals surface area contributed by atoms with Crippen molar-refractivity contribution in [2.24, 2.45) is 4.99 Å². The molecule has 2 aromatic heterocycles. The van der Waals surface area contributed by atoms with Gasteiger partial charge in [0.2, 0.25) is 0 Å². The lowest BCUT2D eigenvalue weighted by Gasteiger charge is -2.08. The number of nitrogens with two attached hydrogens (primary N) is 1. The minimum absolute atomic E-state index is 0.0372. The minimum Gasteiger partial charge on any atom is -0.494 e. The molecule has 4 rings (SSSR count). The molecule has 0 saturated heterocycles. The van der Waals surface area contributed by atoms with Crippen LogP contribution in [0.15, 0.2) is 71.9 Å². The molecule has 2 aromatic carbocycles. The Hall–Kier alpha value is -3.31. The number of aromatic amines is 1. The standard InChI is InChI=1S/C20H15ClN4O/c21-17-9-7-14(11-23-17)24-19(12-4-2-1-3-5-12)18-15-10-13(22)6-8-16(15)25-20(18)26/h1-11,25-26H,22H2. The van der Waals surface area contributed by atoms with Gasteiger partial charge in [0.15, 0.2) is 5.88 Å². The number of benzene rings is 2. The summed E-state index contributed by atoms with van der Waals surface area (Å²) in [6, 6.07) is 18.5. The molecule has 0 unspecified atom stereocenters. The fourth-order valence-corrected chi connectivity index (χ4v) is 2.97. The Labute approximate surface area is 154 Å². The summed E-state index contributed by atoms with van der Waals surface area (Å²) in [7, 11) is 0. The SMILES string of the molecule is Nc1ccc2[nH]c(O)c(C(=Nc3ccc(Cl)nc3)c3ccccc3)c2c1. The zero-order valence-electron chi connectivity index (χ0n) is 13.6. The quantitative estimate of drug-likeness (QED) is 0.281. The third-order valence-electron chi connectivity index (χ3n) is 4.04. The number of nitrogen functional groups attached to an aromatic ring is 1. The van der Waals surface area contributed by atoms with E-state index in [1.165, 1.54) is 0 Å². The highest BCUT2D eigenvalue weighted by atomic mass is 35.5. The van der Waals surface area contributed by atoms with Crippen LogP contribution in [0.2, 0.25) is 5.15 Å². The van der Waals surface area contributed by atoms with Crippen LogP contribution in [0.1, 0.15) is 11.1 Å². The van der Waals surface area contributed by atoms with Gasteiger partial charge in [-0.25, -0.2) is 9.98 Å². The first-order valence-corrected chi connectivity index (χ1v) is 8.36. The lowest BCUT2D eigenvalue weighted by Crippen LogP contribution is -2.03. The summed E-state index contributed by atoms with van der Waals surface area (Å²) in [4.78, 5) is 11.8. The molecule has 0 spiro atoms. The highest BCUT2D eigenvalue weighted by Gasteiger charge is 2.18. The number of H-pyrrole nitrogens is 1. The van der Waals surface area contributed by atoms with Gasteiger partial charge in [-0.15, -0.1) is 0 Å². The van der Waals surface area contributed by atoms with Crippen molar-refractivity contribution >= 4 is 39.6 Å². The van der Waals surface area contributed by atoms with Crippen molar-refractivity contribution in [3.63, 3.8) is 0 Å². The molecule has 0 aliphatic heterocycles. The lowest BCUT2D eigenvalue weighted by molar-refractivity contribution is 0.457. The number of rotatable bonds is 3. The third kappa shape index (κ3) is 3.00. The molecule has 2 heterocycles. The molecule has 128 valence electrons. The van der Waals surface area contributed by atoms with Gasteiger partial charge in [0, 0.05) is 22.2 Å². The number of aromatic nitrogens is 2. The number of anilines is 1. The van der Waals surface area contributed by atoms with Gasteiger partial charge in [0.05, 0.1) is 23.2 Å². The number of pyridine rings is 1.